The van der Waals surface area contributed by atoms with E-state index in [2.05, 4.69) is 27.3 Å². The predicted octanol–water partition coefficient (Wildman–Crippen LogP) is 4.33. The van der Waals surface area contributed by atoms with Gasteiger partial charge in [0.2, 0.25) is 0 Å². The van der Waals surface area contributed by atoms with E-state index >= 15 is 0 Å². The Labute approximate surface area is 195 Å². The fraction of sp³-hybridized carbons (Fsp3) is 0.444. The van der Waals surface area contributed by atoms with E-state index in [0.717, 1.165) is 74.8 Å². The van der Waals surface area contributed by atoms with Crippen LogP contribution in [0.1, 0.15) is 65.6 Å². The highest BCUT2D eigenvalue weighted by Crippen LogP contribution is 2.32. The second-order valence-electron chi connectivity index (χ2n) is 9.73. The Morgan fingerprint density at radius 2 is 2.00 bits per heavy atom. The van der Waals surface area contributed by atoms with E-state index < -0.39 is 0 Å². The smallest absolute Gasteiger partial charge is 0.251 e. The monoisotopic (exact) mass is 441 g/mol. The minimum Gasteiger partial charge on any atom is -0.347 e. The summed E-state index contributed by atoms with van der Waals surface area (Å²) in [4.78, 5) is 20.1. The third-order valence-corrected chi connectivity index (χ3v) is 7.51. The van der Waals surface area contributed by atoms with Crippen LogP contribution in [-0.2, 0) is 20.0 Å². The molecular formula is C27H31N5O. The van der Waals surface area contributed by atoms with Crippen molar-refractivity contribution in [1.29, 1.82) is 5.26 Å². The lowest BCUT2D eigenvalue weighted by Gasteiger charge is -2.40. The molecule has 0 spiro atoms. The Morgan fingerprint density at radius 3 is 2.82 bits per heavy atom. The van der Waals surface area contributed by atoms with Gasteiger partial charge in [-0.2, -0.15) is 5.26 Å². The molecule has 170 valence electrons. The van der Waals surface area contributed by atoms with Gasteiger partial charge < -0.3 is 9.88 Å². The van der Waals surface area contributed by atoms with Crippen LogP contribution in [0.5, 0.6) is 0 Å². The Bertz CT molecular complexity index is 1210. The van der Waals surface area contributed by atoms with Crippen molar-refractivity contribution in [3.05, 3.63) is 65.0 Å². The van der Waals surface area contributed by atoms with Crippen molar-refractivity contribution in [2.45, 2.75) is 57.0 Å². The van der Waals surface area contributed by atoms with E-state index in [1.807, 2.05) is 41.9 Å². The van der Waals surface area contributed by atoms with Crippen LogP contribution in [-0.4, -0.2) is 39.0 Å². The van der Waals surface area contributed by atoms with Crippen molar-refractivity contribution in [2.75, 3.05) is 13.1 Å². The van der Waals surface area contributed by atoms with Gasteiger partial charge in [-0.1, -0.05) is 25.3 Å². The number of nitrogens with zero attached hydrogens (tertiary/aromatic N) is 4. The number of aromatic nitrogens is 2. The summed E-state index contributed by atoms with van der Waals surface area (Å²) in [6.45, 7) is 2.86. The predicted molar refractivity (Wildman–Crippen MR) is 129 cm³/mol. The number of benzene rings is 2. The molecule has 1 saturated carbocycles. The zero-order valence-electron chi connectivity index (χ0n) is 19.3. The Kier molecular flexibility index (Phi) is 5.90. The van der Waals surface area contributed by atoms with E-state index in [0.29, 0.717) is 5.56 Å². The summed E-state index contributed by atoms with van der Waals surface area (Å²) in [6.07, 6.45) is 9.40. The first-order valence-electron chi connectivity index (χ1n) is 12.0. The summed E-state index contributed by atoms with van der Waals surface area (Å²) < 4.78 is 1.95. The third-order valence-electron chi connectivity index (χ3n) is 7.51. The molecule has 2 heterocycles. The van der Waals surface area contributed by atoms with Gasteiger partial charge >= 0.3 is 0 Å². The van der Waals surface area contributed by atoms with Crippen LogP contribution in [0, 0.1) is 11.3 Å². The van der Waals surface area contributed by atoms with Crippen LogP contribution in [0.3, 0.4) is 0 Å². The lowest BCUT2D eigenvalue weighted by atomic mass is 9.78. The first-order valence-corrected chi connectivity index (χ1v) is 12.0. The van der Waals surface area contributed by atoms with Crippen LogP contribution in [0.4, 0.5) is 0 Å². The first-order chi connectivity index (χ1) is 16.0. The van der Waals surface area contributed by atoms with Gasteiger partial charge in [0.1, 0.15) is 0 Å². The number of carbonyl (C=O) groups excluding carboxylic acids is 1. The van der Waals surface area contributed by atoms with E-state index in [1.165, 1.54) is 17.5 Å². The number of nitriles is 1. The molecule has 2 aliphatic rings. The fourth-order valence-electron chi connectivity index (χ4n) is 5.49. The van der Waals surface area contributed by atoms with Crippen molar-refractivity contribution in [3.8, 4) is 6.07 Å². The Hall–Kier alpha value is -3.17. The van der Waals surface area contributed by atoms with E-state index in [-0.39, 0.29) is 11.4 Å². The molecule has 33 heavy (non-hydrogen) atoms. The number of carbonyl (C=O) groups is 1. The van der Waals surface area contributed by atoms with Crippen LogP contribution in [0.2, 0.25) is 0 Å². The van der Waals surface area contributed by atoms with E-state index in [4.69, 9.17) is 0 Å². The number of hydrogen-bond donors (Lipinski definition) is 1. The summed E-state index contributed by atoms with van der Waals surface area (Å²) in [7, 11) is 1.95. The van der Waals surface area contributed by atoms with Gasteiger partial charge in [0, 0.05) is 37.8 Å². The summed E-state index contributed by atoms with van der Waals surface area (Å²) in [6, 6.07) is 14.1. The lowest BCUT2D eigenvalue weighted by Crippen LogP contribution is -2.51. The van der Waals surface area contributed by atoms with Crippen LogP contribution < -0.4 is 5.32 Å². The number of fused-ring (bicyclic) bond motifs is 2. The van der Waals surface area contributed by atoms with Crippen LogP contribution >= 0.6 is 0 Å². The van der Waals surface area contributed by atoms with Gasteiger partial charge in [0.25, 0.3) is 5.91 Å². The first kappa shape index (κ1) is 21.7. The van der Waals surface area contributed by atoms with Crippen molar-refractivity contribution < 1.29 is 4.79 Å². The molecule has 0 saturated heterocycles. The fourth-order valence-corrected chi connectivity index (χ4v) is 5.49. The minimum absolute atomic E-state index is 0.0163. The maximum Gasteiger partial charge on any atom is 0.251 e. The molecule has 1 aliphatic heterocycles. The molecule has 0 atom stereocenters. The van der Waals surface area contributed by atoms with Crippen molar-refractivity contribution in [1.82, 2.24) is 19.8 Å². The van der Waals surface area contributed by atoms with Gasteiger partial charge in [-0.25, -0.2) is 4.98 Å². The van der Waals surface area contributed by atoms with Crippen molar-refractivity contribution in [2.24, 2.45) is 7.05 Å². The normalized spacial score (nSPS) is 17.9. The van der Waals surface area contributed by atoms with Gasteiger partial charge in [-0.15, -0.1) is 0 Å². The molecule has 2 aromatic carbocycles. The van der Waals surface area contributed by atoms with Crippen LogP contribution in [0.25, 0.3) is 11.0 Å². The number of nitrogens with one attached hydrogen (secondary N) is 1. The van der Waals surface area contributed by atoms with E-state index in [1.54, 1.807) is 6.33 Å². The highest BCUT2D eigenvalue weighted by atomic mass is 16.1. The van der Waals surface area contributed by atoms with E-state index in [9.17, 15) is 10.1 Å². The van der Waals surface area contributed by atoms with Crippen molar-refractivity contribution >= 4 is 16.9 Å². The SMILES string of the molecule is Cn1cnc2ccc(C(=O)NC3(CCN4CCc5ccc(C#N)cc5C4)CCCCC3)cc21. The molecular weight excluding hydrogens is 410 g/mol. The Balaban J connectivity index is 1.29. The molecule has 1 amide bonds. The summed E-state index contributed by atoms with van der Waals surface area (Å²) >= 11 is 0. The number of aryl methyl sites for hydroxylation is 1. The number of imidazole rings is 1. The number of rotatable bonds is 5. The van der Waals surface area contributed by atoms with Gasteiger partial charge in [0.15, 0.2) is 0 Å². The molecule has 6 heteroatoms. The highest BCUT2D eigenvalue weighted by molar-refractivity contribution is 5.97. The molecule has 3 aromatic rings. The highest BCUT2D eigenvalue weighted by Gasteiger charge is 2.34. The van der Waals surface area contributed by atoms with Crippen LogP contribution in [0.15, 0.2) is 42.7 Å². The average molecular weight is 442 g/mol. The lowest BCUT2D eigenvalue weighted by molar-refractivity contribution is 0.0840. The zero-order chi connectivity index (χ0) is 22.8. The second kappa shape index (κ2) is 8.99. The van der Waals surface area contributed by atoms with Gasteiger partial charge in [-0.05, 0) is 67.1 Å². The van der Waals surface area contributed by atoms with Gasteiger partial charge in [0.05, 0.1) is 29.0 Å². The topological polar surface area (TPSA) is 74.0 Å². The molecule has 1 N–H and O–H groups in total. The Morgan fingerprint density at radius 1 is 1.15 bits per heavy atom. The quantitative estimate of drug-likeness (QED) is 0.640. The molecule has 1 aliphatic carbocycles. The summed E-state index contributed by atoms with van der Waals surface area (Å²) in [5.74, 6) is 0.0163. The van der Waals surface area contributed by atoms with Gasteiger partial charge in [-0.3, -0.25) is 9.69 Å². The molecule has 5 rings (SSSR count). The molecule has 1 aromatic heterocycles. The number of hydrogen-bond acceptors (Lipinski definition) is 4. The maximum atomic E-state index is 13.3. The molecule has 0 bridgehead atoms. The van der Waals surface area contributed by atoms with Crippen molar-refractivity contribution in [3.63, 3.8) is 0 Å². The summed E-state index contributed by atoms with van der Waals surface area (Å²) in [5, 5.41) is 12.7. The molecule has 6 nitrogen and oxygen atoms in total. The molecule has 1 fully saturated rings. The summed E-state index contributed by atoms with van der Waals surface area (Å²) in [5.41, 5.74) is 5.80. The standard InChI is InChI=1S/C27H31N5O/c1-31-19-29-24-8-7-22(16-25(24)31)26(33)30-27(10-3-2-4-11-27)12-14-32-13-9-21-6-5-20(17-28)15-23(21)18-32/h5-8,15-16,19H,2-4,9-14,18H2,1H3,(H,30,33). The average Bonchev–Trinajstić information content (AvgIpc) is 3.23. The molecule has 0 radical (unpaired) electrons. The largest absolute Gasteiger partial charge is 0.347 e. The second-order valence-corrected chi connectivity index (χ2v) is 9.73. The maximum absolute atomic E-state index is 13.3. The zero-order valence-corrected chi connectivity index (χ0v) is 19.3. The minimum atomic E-state index is -0.147. The number of amides is 1. The molecule has 0 unspecified atom stereocenters. The third kappa shape index (κ3) is 4.51.